The number of hydrogen-bond donors (Lipinski definition) is 1. The van der Waals surface area contributed by atoms with E-state index in [-0.39, 0.29) is 23.8 Å². The van der Waals surface area contributed by atoms with E-state index in [1.807, 2.05) is 43.3 Å². The molecule has 2 aromatic rings. The summed E-state index contributed by atoms with van der Waals surface area (Å²) in [7, 11) is 3.98. The average Bonchev–Trinajstić information content (AvgIpc) is 2.86. The molecule has 2 atom stereocenters. The summed E-state index contributed by atoms with van der Waals surface area (Å²) in [6, 6.07) is 16.3. The average molecular weight is 459 g/mol. The molecule has 178 valence electrons. The molecule has 0 saturated heterocycles. The van der Waals surface area contributed by atoms with E-state index >= 15 is 0 Å². The highest BCUT2D eigenvalue weighted by atomic mass is 16.2. The minimum absolute atomic E-state index is 0.000783. The van der Waals surface area contributed by atoms with Crippen LogP contribution in [-0.4, -0.2) is 49.9 Å². The molecule has 0 bridgehead atoms. The second-order valence-electron chi connectivity index (χ2n) is 9.65. The number of rotatable bonds is 8. The lowest BCUT2D eigenvalue weighted by atomic mass is 9.82. The van der Waals surface area contributed by atoms with Gasteiger partial charge in [-0.3, -0.25) is 9.59 Å². The summed E-state index contributed by atoms with van der Waals surface area (Å²) in [5, 5.41) is 11.3. The van der Waals surface area contributed by atoms with Gasteiger partial charge >= 0.3 is 0 Å². The van der Waals surface area contributed by atoms with Crippen LogP contribution in [0.3, 0.4) is 0 Å². The monoisotopic (exact) mass is 458 g/mol. The maximum absolute atomic E-state index is 12.6. The van der Waals surface area contributed by atoms with Gasteiger partial charge < -0.3 is 10.2 Å². The minimum Gasteiger partial charge on any atom is -0.351 e. The van der Waals surface area contributed by atoms with E-state index in [0.29, 0.717) is 12.1 Å². The Morgan fingerprint density at radius 2 is 1.82 bits per heavy atom. The van der Waals surface area contributed by atoms with Gasteiger partial charge in [-0.2, -0.15) is 5.11 Å². The van der Waals surface area contributed by atoms with Crippen LogP contribution < -0.4 is 5.32 Å². The molecule has 2 aromatic carbocycles. The predicted molar refractivity (Wildman–Crippen MR) is 135 cm³/mol. The van der Waals surface area contributed by atoms with Crippen molar-refractivity contribution in [3.05, 3.63) is 70.8 Å². The fraction of sp³-hybridized carbons (Fsp3) is 0.429. The summed E-state index contributed by atoms with van der Waals surface area (Å²) in [6.07, 6.45) is 4.83. The third-order valence-electron chi connectivity index (χ3n) is 6.79. The Morgan fingerprint density at radius 3 is 2.62 bits per heavy atom. The molecule has 2 aliphatic rings. The standard InChI is InChI=1S/C28H34N4O2/c1-19(16-26-24-12-4-5-13-25(24)28(34)31-30-26)20-8-6-9-21(17-20)22-10-7-11-23(18-22)27(33)29-14-15-32(2)3/h6-11,17-19,26H,4-5,12-16H2,1-3H3,(H,29,33). The number of carbonyl (C=O) groups is 2. The summed E-state index contributed by atoms with van der Waals surface area (Å²) < 4.78 is 0. The molecule has 1 N–H and O–H groups in total. The molecule has 4 rings (SSSR count). The molecule has 34 heavy (non-hydrogen) atoms. The topological polar surface area (TPSA) is 74.1 Å². The molecular weight excluding hydrogens is 424 g/mol. The van der Waals surface area contributed by atoms with Gasteiger partial charge in [0.25, 0.3) is 11.8 Å². The largest absolute Gasteiger partial charge is 0.351 e. The summed E-state index contributed by atoms with van der Waals surface area (Å²) in [5.74, 6) is 0.0820. The zero-order valence-electron chi connectivity index (χ0n) is 20.4. The number of amides is 2. The van der Waals surface area contributed by atoms with E-state index in [0.717, 1.165) is 55.3 Å². The Hall–Kier alpha value is -3.12. The van der Waals surface area contributed by atoms with Crippen molar-refractivity contribution in [2.75, 3.05) is 27.2 Å². The van der Waals surface area contributed by atoms with E-state index in [1.54, 1.807) is 0 Å². The summed E-state index contributed by atoms with van der Waals surface area (Å²) in [5.41, 5.74) is 6.12. The van der Waals surface area contributed by atoms with Crippen LogP contribution in [0.1, 0.15) is 60.9 Å². The van der Waals surface area contributed by atoms with E-state index < -0.39 is 0 Å². The molecule has 0 radical (unpaired) electrons. The van der Waals surface area contributed by atoms with E-state index in [2.05, 4.69) is 46.7 Å². The van der Waals surface area contributed by atoms with Gasteiger partial charge in [0.05, 0.1) is 6.04 Å². The molecule has 2 amide bonds. The molecule has 6 nitrogen and oxygen atoms in total. The lowest BCUT2D eigenvalue weighted by molar-refractivity contribution is -0.115. The van der Waals surface area contributed by atoms with E-state index in [1.165, 1.54) is 11.1 Å². The molecule has 1 aliphatic heterocycles. The van der Waals surface area contributed by atoms with Gasteiger partial charge in [0.2, 0.25) is 0 Å². The van der Waals surface area contributed by atoms with Crippen LogP contribution in [0.4, 0.5) is 0 Å². The van der Waals surface area contributed by atoms with Crippen molar-refractivity contribution >= 4 is 11.8 Å². The Bertz CT molecular complexity index is 1120. The molecule has 1 heterocycles. The van der Waals surface area contributed by atoms with Crippen LogP contribution >= 0.6 is 0 Å². The van der Waals surface area contributed by atoms with Crippen molar-refractivity contribution in [1.29, 1.82) is 0 Å². The maximum atomic E-state index is 12.6. The van der Waals surface area contributed by atoms with Crippen LogP contribution in [-0.2, 0) is 4.79 Å². The second-order valence-corrected chi connectivity index (χ2v) is 9.65. The summed E-state index contributed by atoms with van der Waals surface area (Å²) in [6.45, 7) is 3.63. The van der Waals surface area contributed by atoms with Crippen LogP contribution in [0, 0.1) is 0 Å². The molecule has 0 saturated carbocycles. The zero-order chi connectivity index (χ0) is 24.1. The lowest BCUT2D eigenvalue weighted by Crippen LogP contribution is -2.31. The van der Waals surface area contributed by atoms with Crippen LogP contribution in [0.15, 0.2) is 69.9 Å². The normalized spacial score (nSPS) is 18.7. The number of azo groups is 1. The number of carbonyl (C=O) groups excluding carboxylic acids is 2. The molecule has 0 aromatic heterocycles. The van der Waals surface area contributed by atoms with Gasteiger partial charge in [-0.1, -0.05) is 43.3 Å². The second kappa shape index (κ2) is 10.9. The Labute approximate surface area is 202 Å². The molecule has 1 aliphatic carbocycles. The smallest absolute Gasteiger partial charge is 0.291 e. The summed E-state index contributed by atoms with van der Waals surface area (Å²) >= 11 is 0. The van der Waals surface area contributed by atoms with Gasteiger partial charge in [-0.05, 0) is 86.5 Å². The van der Waals surface area contributed by atoms with Crippen LogP contribution in [0.2, 0.25) is 0 Å². The lowest BCUT2D eigenvalue weighted by Gasteiger charge is -2.27. The molecule has 2 unspecified atom stereocenters. The van der Waals surface area contributed by atoms with Gasteiger partial charge in [0.15, 0.2) is 0 Å². The van der Waals surface area contributed by atoms with Crippen LogP contribution in [0.5, 0.6) is 0 Å². The predicted octanol–water partition coefficient (Wildman–Crippen LogP) is 5.37. The van der Waals surface area contributed by atoms with Gasteiger partial charge in [0, 0.05) is 24.2 Å². The molecule has 6 heteroatoms. The SMILES string of the molecule is CC(CC1N=NC(=O)C2=C1CCCC2)c1cccc(-c2cccc(C(=O)NCCN(C)C)c2)c1. The maximum Gasteiger partial charge on any atom is 0.291 e. The zero-order valence-corrected chi connectivity index (χ0v) is 20.4. The van der Waals surface area contributed by atoms with Gasteiger partial charge in [-0.15, -0.1) is 5.11 Å². The van der Waals surface area contributed by atoms with Crippen molar-refractivity contribution in [2.24, 2.45) is 10.2 Å². The molecular formula is C28H34N4O2. The third kappa shape index (κ3) is 5.68. The van der Waals surface area contributed by atoms with Crippen molar-refractivity contribution < 1.29 is 9.59 Å². The van der Waals surface area contributed by atoms with Gasteiger partial charge in [-0.25, -0.2) is 0 Å². The van der Waals surface area contributed by atoms with E-state index in [9.17, 15) is 9.59 Å². The fourth-order valence-corrected chi connectivity index (χ4v) is 4.81. The molecule has 0 fully saturated rings. The van der Waals surface area contributed by atoms with Crippen molar-refractivity contribution in [1.82, 2.24) is 10.2 Å². The fourth-order valence-electron chi connectivity index (χ4n) is 4.81. The quantitative estimate of drug-likeness (QED) is 0.578. The third-order valence-corrected chi connectivity index (χ3v) is 6.79. The summed E-state index contributed by atoms with van der Waals surface area (Å²) in [4.78, 5) is 26.8. The van der Waals surface area contributed by atoms with Gasteiger partial charge in [0.1, 0.15) is 0 Å². The van der Waals surface area contributed by atoms with Crippen molar-refractivity contribution in [3.8, 4) is 11.1 Å². The highest BCUT2D eigenvalue weighted by Gasteiger charge is 2.30. The Kier molecular flexibility index (Phi) is 7.68. The first-order valence-corrected chi connectivity index (χ1v) is 12.2. The number of hydrogen-bond acceptors (Lipinski definition) is 4. The van der Waals surface area contributed by atoms with Crippen molar-refractivity contribution in [2.45, 2.75) is 51.0 Å². The first-order chi connectivity index (χ1) is 16.4. The number of nitrogens with one attached hydrogen (secondary N) is 1. The number of likely N-dealkylation sites (N-methyl/N-ethyl adjacent to an activating group) is 1. The Morgan fingerprint density at radius 1 is 1.09 bits per heavy atom. The highest BCUT2D eigenvalue weighted by Crippen LogP contribution is 2.37. The Balaban J connectivity index is 1.48. The molecule has 0 spiro atoms. The first kappa shape index (κ1) is 24.0. The number of benzene rings is 2. The minimum atomic E-state index is -0.133. The van der Waals surface area contributed by atoms with Crippen molar-refractivity contribution in [3.63, 3.8) is 0 Å². The van der Waals surface area contributed by atoms with Crippen LogP contribution in [0.25, 0.3) is 11.1 Å². The first-order valence-electron chi connectivity index (χ1n) is 12.2. The van der Waals surface area contributed by atoms with E-state index in [4.69, 9.17) is 0 Å². The highest BCUT2D eigenvalue weighted by molar-refractivity contribution is 5.96. The number of nitrogens with zero attached hydrogens (tertiary/aromatic N) is 3.